The first-order valence-electron chi connectivity index (χ1n) is 3.92. The van der Waals surface area contributed by atoms with Crippen LogP contribution in [0, 0.1) is 5.92 Å². The lowest BCUT2D eigenvalue weighted by atomic mass is 10.2. The summed E-state index contributed by atoms with van der Waals surface area (Å²) in [5, 5.41) is 2.87. The van der Waals surface area contributed by atoms with Crippen molar-refractivity contribution in [3.63, 3.8) is 0 Å². The van der Waals surface area contributed by atoms with E-state index in [9.17, 15) is 4.79 Å². The Kier molecular flexibility index (Phi) is 4.11. The van der Waals surface area contributed by atoms with Crippen molar-refractivity contribution in [2.75, 3.05) is 14.1 Å². The number of hydrogen-bond acceptors (Lipinski definition) is 2. The molecule has 0 spiro atoms. The van der Waals surface area contributed by atoms with Crippen LogP contribution in [0.15, 0.2) is 0 Å². The summed E-state index contributed by atoms with van der Waals surface area (Å²) in [6, 6.07) is 0. The third-order valence-corrected chi connectivity index (χ3v) is 1.65. The highest BCUT2D eigenvalue weighted by molar-refractivity contribution is 5.78. The van der Waals surface area contributed by atoms with Crippen LogP contribution < -0.4 is 5.32 Å². The van der Waals surface area contributed by atoms with Gasteiger partial charge in [0.15, 0.2) is 0 Å². The summed E-state index contributed by atoms with van der Waals surface area (Å²) >= 11 is 0. The Labute approximate surface area is 68.8 Å². The van der Waals surface area contributed by atoms with Gasteiger partial charge in [-0.2, -0.15) is 0 Å². The lowest BCUT2D eigenvalue weighted by molar-refractivity contribution is -0.125. The smallest absolute Gasteiger partial charge is 0.223 e. The lowest BCUT2D eigenvalue weighted by Crippen LogP contribution is -2.43. The van der Waals surface area contributed by atoms with Crippen molar-refractivity contribution >= 4 is 5.91 Å². The molecule has 0 fully saturated rings. The topological polar surface area (TPSA) is 32.3 Å². The molecule has 0 aromatic rings. The van der Waals surface area contributed by atoms with Gasteiger partial charge in [0.2, 0.25) is 5.91 Å². The van der Waals surface area contributed by atoms with Gasteiger partial charge in [0, 0.05) is 5.92 Å². The molecule has 1 N–H and O–H groups in total. The maximum Gasteiger partial charge on any atom is 0.223 e. The van der Waals surface area contributed by atoms with E-state index >= 15 is 0 Å². The second-order valence-corrected chi connectivity index (χ2v) is 3.30. The Morgan fingerprint density at radius 3 is 2.00 bits per heavy atom. The molecule has 0 saturated carbocycles. The Bertz CT molecular complexity index is 132. The van der Waals surface area contributed by atoms with Gasteiger partial charge in [-0.25, -0.2) is 0 Å². The Balaban J connectivity index is 3.76. The molecule has 0 rings (SSSR count). The minimum Gasteiger partial charge on any atom is -0.341 e. The minimum absolute atomic E-state index is 0.0670. The molecule has 0 aliphatic rings. The molecule has 1 amide bonds. The van der Waals surface area contributed by atoms with Gasteiger partial charge in [0.1, 0.15) is 0 Å². The molecule has 66 valence electrons. The summed E-state index contributed by atoms with van der Waals surface area (Å²) in [7, 11) is 3.87. The van der Waals surface area contributed by atoms with E-state index in [-0.39, 0.29) is 18.0 Å². The fourth-order valence-corrected chi connectivity index (χ4v) is 0.502. The summed E-state index contributed by atoms with van der Waals surface area (Å²) < 4.78 is 0. The van der Waals surface area contributed by atoms with Gasteiger partial charge in [0.25, 0.3) is 0 Å². The van der Waals surface area contributed by atoms with Gasteiger partial charge in [0.05, 0.1) is 6.17 Å². The zero-order valence-electron chi connectivity index (χ0n) is 8.01. The zero-order chi connectivity index (χ0) is 9.02. The van der Waals surface area contributed by atoms with Crippen molar-refractivity contribution in [3.05, 3.63) is 0 Å². The summed E-state index contributed by atoms with van der Waals surface area (Å²) in [4.78, 5) is 13.1. The van der Waals surface area contributed by atoms with Crippen molar-refractivity contribution in [2.24, 2.45) is 5.92 Å². The third-order valence-electron chi connectivity index (χ3n) is 1.65. The second kappa shape index (κ2) is 4.34. The van der Waals surface area contributed by atoms with E-state index in [2.05, 4.69) is 5.32 Å². The van der Waals surface area contributed by atoms with Crippen LogP contribution in [0.25, 0.3) is 0 Å². The van der Waals surface area contributed by atoms with E-state index in [1.807, 2.05) is 39.8 Å². The lowest BCUT2D eigenvalue weighted by Gasteiger charge is -2.21. The number of carbonyl (C=O) groups is 1. The van der Waals surface area contributed by atoms with E-state index in [1.54, 1.807) is 0 Å². The fraction of sp³-hybridized carbons (Fsp3) is 0.875. The number of hydrogen-bond donors (Lipinski definition) is 1. The highest BCUT2D eigenvalue weighted by Gasteiger charge is 2.10. The standard InChI is InChI=1S/C8H18N2O/c1-6(2)8(11)9-7(3)10(4)5/h6-7H,1-5H3,(H,9,11). The van der Waals surface area contributed by atoms with Crippen molar-refractivity contribution in [1.82, 2.24) is 10.2 Å². The van der Waals surface area contributed by atoms with Crippen LogP contribution in [0.1, 0.15) is 20.8 Å². The molecule has 1 unspecified atom stereocenters. The highest BCUT2D eigenvalue weighted by Crippen LogP contribution is 1.93. The van der Waals surface area contributed by atoms with Crippen molar-refractivity contribution in [2.45, 2.75) is 26.9 Å². The van der Waals surface area contributed by atoms with E-state index in [4.69, 9.17) is 0 Å². The molecule has 11 heavy (non-hydrogen) atoms. The van der Waals surface area contributed by atoms with Crippen LogP contribution in [-0.2, 0) is 4.79 Å². The quantitative estimate of drug-likeness (QED) is 0.612. The monoisotopic (exact) mass is 158 g/mol. The molecule has 0 aliphatic heterocycles. The zero-order valence-corrected chi connectivity index (χ0v) is 8.01. The second-order valence-electron chi connectivity index (χ2n) is 3.30. The Hall–Kier alpha value is -0.570. The van der Waals surface area contributed by atoms with Crippen LogP contribution in [-0.4, -0.2) is 31.1 Å². The molecule has 3 nitrogen and oxygen atoms in total. The molecular formula is C8H18N2O. The number of amides is 1. The largest absolute Gasteiger partial charge is 0.341 e. The van der Waals surface area contributed by atoms with Gasteiger partial charge in [-0.15, -0.1) is 0 Å². The first-order chi connectivity index (χ1) is 4.95. The van der Waals surface area contributed by atoms with Crippen molar-refractivity contribution in [3.8, 4) is 0 Å². The summed E-state index contributed by atoms with van der Waals surface area (Å²) in [5.41, 5.74) is 0. The fourth-order valence-electron chi connectivity index (χ4n) is 0.502. The Morgan fingerprint density at radius 2 is 1.73 bits per heavy atom. The number of carbonyl (C=O) groups excluding carboxylic acids is 1. The van der Waals surface area contributed by atoms with E-state index in [1.165, 1.54) is 0 Å². The molecule has 0 aromatic carbocycles. The molecule has 0 heterocycles. The van der Waals surface area contributed by atoms with Crippen LogP contribution in [0.3, 0.4) is 0 Å². The average molecular weight is 158 g/mol. The molecule has 1 atom stereocenters. The first-order valence-corrected chi connectivity index (χ1v) is 3.92. The summed E-state index contributed by atoms with van der Waals surface area (Å²) in [6.45, 7) is 5.73. The van der Waals surface area contributed by atoms with Crippen molar-refractivity contribution in [1.29, 1.82) is 0 Å². The SMILES string of the molecule is CC(C)C(=O)NC(C)N(C)C. The maximum atomic E-state index is 11.1. The van der Waals surface area contributed by atoms with Crippen LogP contribution in [0.2, 0.25) is 0 Å². The van der Waals surface area contributed by atoms with Gasteiger partial charge < -0.3 is 5.32 Å². The highest BCUT2D eigenvalue weighted by atomic mass is 16.2. The van der Waals surface area contributed by atoms with Gasteiger partial charge in [-0.3, -0.25) is 9.69 Å². The van der Waals surface area contributed by atoms with Gasteiger partial charge >= 0.3 is 0 Å². The van der Waals surface area contributed by atoms with Gasteiger partial charge in [-0.05, 0) is 21.0 Å². The Morgan fingerprint density at radius 1 is 1.27 bits per heavy atom. The molecule has 0 aromatic heterocycles. The normalized spacial score (nSPS) is 13.7. The van der Waals surface area contributed by atoms with Crippen LogP contribution >= 0.6 is 0 Å². The predicted octanol–water partition coefficient (Wildman–Crippen LogP) is 0.666. The predicted molar refractivity (Wildman–Crippen MR) is 46.1 cm³/mol. The molecule has 3 heteroatoms. The van der Waals surface area contributed by atoms with E-state index < -0.39 is 0 Å². The molecule has 0 radical (unpaired) electrons. The van der Waals surface area contributed by atoms with Crippen LogP contribution in [0.5, 0.6) is 0 Å². The number of nitrogens with zero attached hydrogens (tertiary/aromatic N) is 1. The van der Waals surface area contributed by atoms with E-state index in [0.717, 1.165) is 0 Å². The van der Waals surface area contributed by atoms with Crippen molar-refractivity contribution < 1.29 is 4.79 Å². The molecule has 0 bridgehead atoms. The minimum atomic E-state index is 0.0670. The number of rotatable bonds is 3. The third kappa shape index (κ3) is 3.98. The molecular weight excluding hydrogens is 140 g/mol. The van der Waals surface area contributed by atoms with Crippen LogP contribution in [0.4, 0.5) is 0 Å². The maximum absolute atomic E-state index is 11.1. The van der Waals surface area contributed by atoms with E-state index in [0.29, 0.717) is 0 Å². The summed E-state index contributed by atoms with van der Waals surface area (Å²) in [6.07, 6.45) is 0.116. The number of nitrogens with one attached hydrogen (secondary N) is 1. The first kappa shape index (κ1) is 10.4. The molecule has 0 saturated heterocycles. The average Bonchev–Trinajstić information content (AvgIpc) is 1.87. The molecule has 0 aliphatic carbocycles. The van der Waals surface area contributed by atoms with Gasteiger partial charge in [-0.1, -0.05) is 13.8 Å². The summed E-state index contributed by atoms with van der Waals surface area (Å²) in [5.74, 6) is 0.170.